The molecule has 2 rings (SSSR count). The largest absolute Gasteiger partial charge is 0.505 e. The van der Waals surface area contributed by atoms with Crippen LogP contribution in [0.2, 0.25) is 0 Å². The molecule has 3 heteroatoms. The second-order valence-corrected chi connectivity index (χ2v) is 3.83. The summed E-state index contributed by atoms with van der Waals surface area (Å²) in [5.41, 5.74) is 2.34. The molecule has 0 aromatic heterocycles. The fourth-order valence-corrected chi connectivity index (χ4v) is 1.79. The highest BCUT2D eigenvalue weighted by atomic mass is 19.1. The Hall–Kier alpha value is -2.16. The second-order valence-electron chi connectivity index (χ2n) is 3.83. The number of carbonyl (C=O) groups is 1. The Balaban J connectivity index is 2.61. The first-order valence-electron chi connectivity index (χ1n) is 5.17. The summed E-state index contributed by atoms with van der Waals surface area (Å²) in [7, 11) is 0. The third-order valence-electron chi connectivity index (χ3n) is 2.66. The first kappa shape index (κ1) is 11.3. The predicted molar refractivity (Wildman–Crippen MR) is 63.6 cm³/mol. The van der Waals surface area contributed by atoms with Gasteiger partial charge in [0.1, 0.15) is 6.29 Å². The fourth-order valence-electron chi connectivity index (χ4n) is 1.79. The number of benzene rings is 2. The topological polar surface area (TPSA) is 37.3 Å². The molecule has 0 unspecified atom stereocenters. The van der Waals surface area contributed by atoms with Crippen LogP contribution in [0.3, 0.4) is 0 Å². The normalized spacial score (nSPS) is 10.2. The van der Waals surface area contributed by atoms with E-state index >= 15 is 0 Å². The highest BCUT2D eigenvalue weighted by Crippen LogP contribution is 2.30. The lowest BCUT2D eigenvalue weighted by Crippen LogP contribution is -1.90. The minimum Gasteiger partial charge on any atom is -0.505 e. The van der Waals surface area contributed by atoms with Gasteiger partial charge in [-0.25, -0.2) is 4.39 Å². The van der Waals surface area contributed by atoms with Gasteiger partial charge in [-0.1, -0.05) is 24.3 Å². The molecule has 0 aliphatic carbocycles. The van der Waals surface area contributed by atoms with Crippen LogP contribution in [0.5, 0.6) is 5.75 Å². The van der Waals surface area contributed by atoms with Gasteiger partial charge in [0.2, 0.25) is 0 Å². The summed E-state index contributed by atoms with van der Waals surface area (Å²) >= 11 is 0. The number of carbonyl (C=O) groups excluding carboxylic acids is 1. The number of aldehydes is 1. The summed E-state index contributed by atoms with van der Waals surface area (Å²) in [6.45, 7) is 1.80. The van der Waals surface area contributed by atoms with Crippen LogP contribution in [0.1, 0.15) is 15.9 Å². The Bertz CT molecular complexity index is 576. The Kier molecular flexibility index (Phi) is 2.91. The summed E-state index contributed by atoms with van der Waals surface area (Å²) in [4.78, 5) is 10.6. The van der Waals surface area contributed by atoms with Gasteiger partial charge in [-0.2, -0.15) is 0 Å². The number of aryl methyl sites for hydroxylation is 1. The van der Waals surface area contributed by atoms with E-state index in [9.17, 15) is 14.3 Å². The van der Waals surface area contributed by atoms with Crippen molar-refractivity contribution in [3.8, 4) is 16.9 Å². The summed E-state index contributed by atoms with van der Waals surface area (Å²) in [5.74, 6) is -1.02. The van der Waals surface area contributed by atoms with Gasteiger partial charge in [-0.15, -0.1) is 0 Å². The molecule has 0 heterocycles. The van der Waals surface area contributed by atoms with Crippen LogP contribution in [-0.4, -0.2) is 11.4 Å². The van der Waals surface area contributed by atoms with Crippen LogP contribution >= 0.6 is 0 Å². The van der Waals surface area contributed by atoms with Crippen molar-refractivity contribution in [3.05, 3.63) is 53.3 Å². The second kappa shape index (κ2) is 4.37. The smallest absolute Gasteiger partial charge is 0.172 e. The number of rotatable bonds is 2. The highest BCUT2D eigenvalue weighted by molar-refractivity contribution is 5.79. The summed E-state index contributed by atoms with van der Waals surface area (Å²) in [6.07, 6.45) is 0.746. The Morgan fingerprint density at radius 2 is 1.94 bits per heavy atom. The molecule has 0 amide bonds. The van der Waals surface area contributed by atoms with Crippen molar-refractivity contribution in [1.82, 2.24) is 0 Å². The monoisotopic (exact) mass is 230 g/mol. The van der Waals surface area contributed by atoms with Gasteiger partial charge in [0.05, 0.1) is 0 Å². The Labute approximate surface area is 98.3 Å². The highest BCUT2D eigenvalue weighted by Gasteiger charge is 2.11. The zero-order chi connectivity index (χ0) is 12.4. The van der Waals surface area contributed by atoms with E-state index < -0.39 is 5.82 Å². The van der Waals surface area contributed by atoms with Crippen molar-refractivity contribution < 1.29 is 14.3 Å². The molecule has 86 valence electrons. The minimum atomic E-state index is -0.644. The van der Waals surface area contributed by atoms with E-state index in [-0.39, 0.29) is 5.75 Å². The zero-order valence-electron chi connectivity index (χ0n) is 9.27. The molecular formula is C14H11FO2. The molecule has 2 aromatic rings. The number of phenols is 1. The van der Waals surface area contributed by atoms with E-state index in [0.717, 1.165) is 11.8 Å². The van der Waals surface area contributed by atoms with Crippen molar-refractivity contribution in [2.24, 2.45) is 0 Å². The van der Waals surface area contributed by atoms with Gasteiger partial charge in [0, 0.05) is 11.1 Å². The fraction of sp³-hybridized carbons (Fsp3) is 0.0714. The van der Waals surface area contributed by atoms with E-state index in [4.69, 9.17) is 0 Å². The maximum absolute atomic E-state index is 13.7. The van der Waals surface area contributed by atoms with Crippen LogP contribution in [0.15, 0.2) is 36.4 Å². The SMILES string of the molecule is Cc1cc(C=O)ccc1-c1cccc(O)c1F. The predicted octanol–water partition coefficient (Wildman–Crippen LogP) is 3.32. The molecule has 0 fully saturated rings. The maximum Gasteiger partial charge on any atom is 0.172 e. The Morgan fingerprint density at radius 1 is 1.18 bits per heavy atom. The number of halogens is 1. The number of hydrogen-bond acceptors (Lipinski definition) is 2. The molecule has 17 heavy (non-hydrogen) atoms. The van der Waals surface area contributed by atoms with E-state index in [0.29, 0.717) is 16.7 Å². The van der Waals surface area contributed by atoms with Gasteiger partial charge < -0.3 is 5.11 Å². The zero-order valence-corrected chi connectivity index (χ0v) is 9.27. The molecule has 0 bridgehead atoms. The molecule has 0 atom stereocenters. The summed E-state index contributed by atoms with van der Waals surface area (Å²) in [6, 6.07) is 9.47. The molecule has 0 aliphatic rings. The van der Waals surface area contributed by atoms with Gasteiger partial charge in [-0.05, 0) is 30.2 Å². The van der Waals surface area contributed by atoms with Crippen molar-refractivity contribution >= 4 is 6.29 Å². The first-order chi connectivity index (χ1) is 8.13. The molecule has 0 radical (unpaired) electrons. The van der Waals surface area contributed by atoms with Crippen LogP contribution in [0, 0.1) is 12.7 Å². The van der Waals surface area contributed by atoms with Crippen LogP contribution in [0.25, 0.3) is 11.1 Å². The van der Waals surface area contributed by atoms with Crippen LogP contribution in [0.4, 0.5) is 4.39 Å². The van der Waals surface area contributed by atoms with E-state index in [1.807, 2.05) is 0 Å². The number of hydrogen-bond donors (Lipinski definition) is 1. The van der Waals surface area contributed by atoms with Gasteiger partial charge in [0.25, 0.3) is 0 Å². The average Bonchev–Trinajstić information content (AvgIpc) is 2.33. The molecule has 0 spiro atoms. The van der Waals surface area contributed by atoms with E-state index in [1.54, 1.807) is 37.3 Å². The van der Waals surface area contributed by atoms with Crippen molar-refractivity contribution in [2.45, 2.75) is 6.92 Å². The standard InChI is InChI=1S/C14H11FO2/c1-9-7-10(8-16)5-6-11(9)12-3-2-4-13(17)14(12)15/h2-8,17H,1H3. The first-order valence-corrected chi connectivity index (χ1v) is 5.17. The van der Waals surface area contributed by atoms with Crippen LogP contribution < -0.4 is 0 Å². The lowest BCUT2D eigenvalue weighted by molar-refractivity contribution is 0.112. The molecule has 0 saturated carbocycles. The Morgan fingerprint density at radius 3 is 2.59 bits per heavy atom. The molecule has 0 saturated heterocycles. The molecule has 2 aromatic carbocycles. The van der Waals surface area contributed by atoms with Gasteiger partial charge in [-0.3, -0.25) is 4.79 Å². The van der Waals surface area contributed by atoms with E-state index in [1.165, 1.54) is 6.07 Å². The van der Waals surface area contributed by atoms with Crippen molar-refractivity contribution in [1.29, 1.82) is 0 Å². The summed E-state index contributed by atoms with van der Waals surface area (Å²) in [5, 5.41) is 9.32. The quantitative estimate of drug-likeness (QED) is 0.803. The van der Waals surface area contributed by atoms with Gasteiger partial charge >= 0.3 is 0 Å². The third-order valence-corrected chi connectivity index (χ3v) is 2.66. The third kappa shape index (κ3) is 2.04. The lowest BCUT2D eigenvalue weighted by Gasteiger charge is -2.08. The number of aromatic hydroxyl groups is 1. The average molecular weight is 230 g/mol. The molecule has 1 N–H and O–H groups in total. The molecular weight excluding hydrogens is 219 g/mol. The number of phenolic OH excluding ortho intramolecular Hbond substituents is 1. The summed E-state index contributed by atoms with van der Waals surface area (Å²) < 4.78 is 13.7. The maximum atomic E-state index is 13.7. The molecule has 0 aliphatic heterocycles. The van der Waals surface area contributed by atoms with Crippen LogP contribution in [-0.2, 0) is 0 Å². The van der Waals surface area contributed by atoms with Crippen molar-refractivity contribution in [3.63, 3.8) is 0 Å². The van der Waals surface area contributed by atoms with Crippen molar-refractivity contribution in [2.75, 3.05) is 0 Å². The molecule has 2 nitrogen and oxygen atoms in total. The minimum absolute atomic E-state index is 0.333. The van der Waals surface area contributed by atoms with E-state index in [2.05, 4.69) is 0 Å². The lowest BCUT2D eigenvalue weighted by atomic mass is 9.98. The van der Waals surface area contributed by atoms with Gasteiger partial charge in [0.15, 0.2) is 11.6 Å².